The lowest BCUT2D eigenvalue weighted by Gasteiger charge is -2.11. The van der Waals surface area contributed by atoms with E-state index in [0.717, 1.165) is 0 Å². The first-order valence-electron chi connectivity index (χ1n) is 5.45. The number of amides is 1. The third-order valence-electron chi connectivity index (χ3n) is 2.19. The summed E-state index contributed by atoms with van der Waals surface area (Å²) < 4.78 is 28.0. The van der Waals surface area contributed by atoms with E-state index in [9.17, 15) is 13.6 Å². The summed E-state index contributed by atoms with van der Waals surface area (Å²) in [6.07, 6.45) is 0.124. The van der Waals surface area contributed by atoms with Gasteiger partial charge in [0, 0.05) is 6.04 Å². The zero-order chi connectivity index (χ0) is 13.5. The van der Waals surface area contributed by atoms with Crippen molar-refractivity contribution >= 4 is 5.91 Å². The molecule has 100 valence electrons. The molecule has 0 radical (unpaired) electrons. The highest BCUT2D eigenvalue weighted by atomic mass is 19.3. The molecule has 1 rings (SSSR count). The Bertz CT molecular complexity index is 381. The van der Waals surface area contributed by atoms with Crippen LogP contribution in [0.25, 0.3) is 0 Å². The highest BCUT2D eigenvalue weighted by Crippen LogP contribution is 2.15. The van der Waals surface area contributed by atoms with Gasteiger partial charge in [-0.05, 0) is 24.6 Å². The molecule has 18 heavy (non-hydrogen) atoms. The zero-order valence-electron chi connectivity index (χ0n) is 9.90. The Kier molecular flexibility index (Phi) is 5.51. The van der Waals surface area contributed by atoms with E-state index in [-0.39, 0.29) is 30.7 Å². The number of aliphatic hydroxyl groups excluding tert-OH is 1. The second kappa shape index (κ2) is 6.90. The minimum Gasteiger partial charge on any atom is -0.435 e. The number of carbonyl (C=O) groups excluding carboxylic acids is 1. The Morgan fingerprint density at radius 3 is 2.50 bits per heavy atom. The van der Waals surface area contributed by atoms with Crippen molar-refractivity contribution in [2.24, 2.45) is 0 Å². The largest absolute Gasteiger partial charge is 0.435 e. The zero-order valence-corrected chi connectivity index (χ0v) is 9.90. The van der Waals surface area contributed by atoms with Gasteiger partial charge in [0.1, 0.15) is 5.75 Å². The van der Waals surface area contributed by atoms with Gasteiger partial charge in [-0.15, -0.1) is 0 Å². The predicted molar refractivity (Wildman–Crippen MR) is 61.5 cm³/mol. The van der Waals surface area contributed by atoms with Crippen LogP contribution in [0.5, 0.6) is 5.75 Å². The van der Waals surface area contributed by atoms with Crippen molar-refractivity contribution < 1.29 is 23.4 Å². The fourth-order valence-electron chi connectivity index (χ4n) is 1.35. The molecule has 2 N–H and O–H groups in total. The predicted octanol–water partition coefficient (Wildman–Crippen LogP) is 1.33. The summed E-state index contributed by atoms with van der Waals surface area (Å²) in [4.78, 5) is 11.5. The van der Waals surface area contributed by atoms with E-state index in [0.29, 0.717) is 5.56 Å². The maximum atomic E-state index is 11.9. The number of carbonyl (C=O) groups is 1. The summed E-state index contributed by atoms with van der Waals surface area (Å²) >= 11 is 0. The number of alkyl halides is 2. The molecule has 0 spiro atoms. The molecular weight excluding hydrogens is 244 g/mol. The number of ether oxygens (including phenoxy) is 1. The lowest BCUT2D eigenvalue weighted by atomic mass is 10.1. The molecule has 0 saturated carbocycles. The first-order chi connectivity index (χ1) is 8.51. The van der Waals surface area contributed by atoms with E-state index in [1.165, 1.54) is 12.1 Å². The van der Waals surface area contributed by atoms with Crippen LogP contribution in [0.15, 0.2) is 24.3 Å². The maximum Gasteiger partial charge on any atom is 0.387 e. The molecule has 1 aromatic rings. The molecule has 0 aliphatic rings. The summed E-state index contributed by atoms with van der Waals surface area (Å²) in [5.74, 6) is -0.183. The van der Waals surface area contributed by atoms with Crippen LogP contribution in [0.4, 0.5) is 8.78 Å². The fourth-order valence-corrected chi connectivity index (χ4v) is 1.35. The van der Waals surface area contributed by atoms with Crippen molar-refractivity contribution in [3.8, 4) is 5.75 Å². The molecule has 0 aliphatic heterocycles. The minimum atomic E-state index is -2.86. The number of benzene rings is 1. The SMILES string of the molecule is C[C@H](CO)NC(=O)Cc1ccc(OC(F)F)cc1. The van der Waals surface area contributed by atoms with Crippen molar-refractivity contribution in [1.82, 2.24) is 5.32 Å². The van der Waals surface area contributed by atoms with Crippen LogP contribution in [0.2, 0.25) is 0 Å². The monoisotopic (exact) mass is 259 g/mol. The fraction of sp³-hybridized carbons (Fsp3) is 0.417. The molecule has 0 fully saturated rings. The van der Waals surface area contributed by atoms with Crippen LogP contribution < -0.4 is 10.1 Å². The molecule has 1 atom stereocenters. The Labute approximate surface area is 104 Å². The number of halogens is 2. The third kappa shape index (κ3) is 5.09. The first kappa shape index (κ1) is 14.4. The van der Waals surface area contributed by atoms with Crippen LogP contribution in [0.3, 0.4) is 0 Å². The molecule has 1 amide bonds. The first-order valence-corrected chi connectivity index (χ1v) is 5.45. The van der Waals surface area contributed by atoms with Gasteiger partial charge in [0.15, 0.2) is 0 Å². The minimum absolute atomic E-state index is 0.0536. The maximum absolute atomic E-state index is 11.9. The highest BCUT2D eigenvalue weighted by Gasteiger charge is 2.08. The molecule has 1 aromatic carbocycles. The van der Waals surface area contributed by atoms with Gasteiger partial charge < -0.3 is 15.2 Å². The Morgan fingerprint density at radius 2 is 2.00 bits per heavy atom. The van der Waals surface area contributed by atoms with Gasteiger partial charge in [0.25, 0.3) is 0 Å². The molecular formula is C12H15F2NO3. The molecule has 0 aromatic heterocycles. The quantitative estimate of drug-likeness (QED) is 0.810. The Balaban J connectivity index is 2.50. The van der Waals surface area contributed by atoms with Gasteiger partial charge in [0.05, 0.1) is 13.0 Å². The van der Waals surface area contributed by atoms with E-state index in [4.69, 9.17) is 5.11 Å². The Morgan fingerprint density at radius 1 is 1.39 bits per heavy atom. The average molecular weight is 259 g/mol. The van der Waals surface area contributed by atoms with Crippen molar-refractivity contribution in [2.45, 2.75) is 26.0 Å². The number of hydrogen-bond donors (Lipinski definition) is 2. The van der Waals surface area contributed by atoms with E-state index in [1.54, 1.807) is 19.1 Å². The van der Waals surface area contributed by atoms with Gasteiger partial charge in [-0.25, -0.2) is 0 Å². The molecule has 0 aliphatic carbocycles. The number of nitrogens with one attached hydrogen (secondary N) is 1. The molecule has 0 saturated heterocycles. The number of hydrogen-bond acceptors (Lipinski definition) is 3. The van der Waals surface area contributed by atoms with E-state index in [1.807, 2.05) is 0 Å². The highest BCUT2D eigenvalue weighted by molar-refractivity contribution is 5.78. The Hall–Kier alpha value is -1.69. The van der Waals surface area contributed by atoms with E-state index >= 15 is 0 Å². The summed E-state index contributed by atoms with van der Waals surface area (Å²) in [5.41, 5.74) is 0.680. The van der Waals surface area contributed by atoms with Crippen molar-refractivity contribution in [3.05, 3.63) is 29.8 Å². The lowest BCUT2D eigenvalue weighted by molar-refractivity contribution is -0.121. The van der Waals surface area contributed by atoms with Gasteiger partial charge in [-0.1, -0.05) is 12.1 Å². The molecule has 0 heterocycles. The average Bonchev–Trinajstić information content (AvgIpc) is 2.30. The second-order valence-corrected chi connectivity index (χ2v) is 3.85. The third-order valence-corrected chi connectivity index (χ3v) is 2.19. The summed E-state index contributed by atoms with van der Waals surface area (Å²) in [6, 6.07) is 5.54. The van der Waals surface area contributed by atoms with Crippen LogP contribution in [-0.2, 0) is 11.2 Å². The van der Waals surface area contributed by atoms with Crippen LogP contribution in [0.1, 0.15) is 12.5 Å². The van der Waals surface area contributed by atoms with Gasteiger partial charge in [-0.3, -0.25) is 4.79 Å². The van der Waals surface area contributed by atoms with E-state index in [2.05, 4.69) is 10.1 Å². The lowest BCUT2D eigenvalue weighted by Crippen LogP contribution is -2.35. The molecule has 0 bridgehead atoms. The van der Waals surface area contributed by atoms with Gasteiger partial charge >= 0.3 is 6.61 Å². The molecule has 0 unspecified atom stereocenters. The number of aliphatic hydroxyl groups is 1. The van der Waals surface area contributed by atoms with Gasteiger partial charge in [-0.2, -0.15) is 8.78 Å². The van der Waals surface area contributed by atoms with Crippen LogP contribution in [0, 0.1) is 0 Å². The topological polar surface area (TPSA) is 58.6 Å². The summed E-state index contributed by atoms with van der Waals surface area (Å²) in [7, 11) is 0. The van der Waals surface area contributed by atoms with Crippen LogP contribution in [-0.4, -0.2) is 30.3 Å². The number of rotatable bonds is 6. The van der Waals surface area contributed by atoms with E-state index < -0.39 is 6.61 Å². The normalized spacial score (nSPS) is 12.3. The molecule has 4 nitrogen and oxygen atoms in total. The standard InChI is InChI=1S/C12H15F2NO3/c1-8(7-16)15-11(17)6-9-2-4-10(5-3-9)18-12(13)14/h2-5,8,12,16H,6-7H2,1H3,(H,15,17)/t8-/m1/s1. The summed E-state index contributed by atoms with van der Waals surface area (Å²) in [6.45, 7) is -1.31. The van der Waals surface area contributed by atoms with Crippen molar-refractivity contribution in [3.63, 3.8) is 0 Å². The van der Waals surface area contributed by atoms with Gasteiger partial charge in [0.2, 0.25) is 5.91 Å². The van der Waals surface area contributed by atoms with Crippen LogP contribution >= 0.6 is 0 Å². The smallest absolute Gasteiger partial charge is 0.387 e. The summed E-state index contributed by atoms with van der Waals surface area (Å²) in [5, 5.41) is 11.4. The molecule has 6 heteroatoms. The second-order valence-electron chi connectivity index (χ2n) is 3.85. The van der Waals surface area contributed by atoms with Crippen molar-refractivity contribution in [2.75, 3.05) is 6.61 Å². The van der Waals surface area contributed by atoms with Crippen molar-refractivity contribution in [1.29, 1.82) is 0 Å².